The van der Waals surface area contributed by atoms with Crippen LogP contribution in [0.5, 0.6) is 0 Å². The summed E-state index contributed by atoms with van der Waals surface area (Å²) in [6.07, 6.45) is 6.63. The van der Waals surface area contributed by atoms with Crippen LogP contribution >= 0.6 is 12.6 Å². The number of piperidine rings is 1. The van der Waals surface area contributed by atoms with E-state index in [4.69, 9.17) is 17.4 Å². The summed E-state index contributed by atoms with van der Waals surface area (Å²) in [5.74, 6) is -0.438. The maximum absolute atomic E-state index is 14.7. The summed E-state index contributed by atoms with van der Waals surface area (Å²) in [7, 11) is 0. The van der Waals surface area contributed by atoms with E-state index in [2.05, 4.69) is 10.00 Å². The standard InChI is InChI=1S/C25H30FN3O3S/c1-2-32-23(30)11-14-29-13-9-19(27-29)15-18-16-28(12-10-22(18)33)24(25(31)17-7-8-17)20-5-3-4-6-21(20)26/h3-6,9,13,15,17,22,24,33H,2,7-8,10-12,14,16H2,1H3/t22-,24?/m0/s1. The normalized spacial score (nSPS) is 21.2. The second-order valence-electron chi connectivity index (χ2n) is 8.65. The number of likely N-dealkylation sites (tertiary alicyclic amines) is 1. The molecule has 2 aromatic rings. The predicted molar refractivity (Wildman–Crippen MR) is 127 cm³/mol. The molecule has 1 aromatic heterocycles. The lowest BCUT2D eigenvalue weighted by atomic mass is 9.93. The lowest BCUT2D eigenvalue weighted by molar-refractivity contribution is -0.143. The minimum absolute atomic E-state index is 0.0332. The molecule has 1 aliphatic heterocycles. The second kappa shape index (κ2) is 10.7. The number of benzene rings is 1. The molecule has 0 spiro atoms. The fraction of sp³-hybridized carbons (Fsp3) is 0.480. The Morgan fingerprint density at radius 3 is 2.79 bits per heavy atom. The fourth-order valence-electron chi connectivity index (χ4n) is 4.28. The SMILES string of the molecule is CCOC(=O)CCn1ccc(C=C2CN(C(C(=O)C3CC3)c3ccccc3F)CC[C@@H]2S)n1. The van der Waals surface area contributed by atoms with Gasteiger partial charge in [0.25, 0.3) is 0 Å². The maximum Gasteiger partial charge on any atom is 0.307 e. The quantitative estimate of drug-likeness (QED) is 0.441. The lowest BCUT2D eigenvalue weighted by Crippen LogP contribution is -2.42. The topological polar surface area (TPSA) is 64.4 Å². The van der Waals surface area contributed by atoms with Crippen LogP contribution in [0.1, 0.15) is 49.9 Å². The Kier molecular flexibility index (Phi) is 7.65. The summed E-state index contributed by atoms with van der Waals surface area (Å²) >= 11 is 4.76. The van der Waals surface area contributed by atoms with Gasteiger partial charge < -0.3 is 4.74 Å². The minimum atomic E-state index is -0.579. The van der Waals surface area contributed by atoms with Crippen molar-refractivity contribution in [2.24, 2.45) is 5.92 Å². The highest BCUT2D eigenvalue weighted by Gasteiger charge is 2.40. The number of Topliss-reactive ketones (excluding diaryl/α,β-unsaturated/α-hetero) is 1. The zero-order chi connectivity index (χ0) is 23.4. The number of carbonyl (C=O) groups is 2. The van der Waals surface area contributed by atoms with Crippen LogP contribution in [0, 0.1) is 11.7 Å². The van der Waals surface area contributed by atoms with E-state index in [1.165, 1.54) is 6.07 Å². The molecule has 0 N–H and O–H groups in total. The molecule has 176 valence electrons. The van der Waals surface area contributed by atoms with Crippen molar-refractivity contribution >= 4 is 30.5 Å². The van der Waals surface area contributed by atoms with Gasteiger partial charge in [-0.3, -0.25) is 19.2 Å². The Morgan fingerprint density at radius 1 is 1.27 bits per heavy atom. The van der Waals surface area contributed by atoms with Gasteiger partial charge in [0, 0.05) is 36.0 Å². The molecular weight excluding hydrogens is 441 g/mol. The molecule has 2 aliphatic rings. The monoisotopic (exact) mass is 471 g/mol. The smallest absolute Gasteiger partial charge is 0.307 e. The third-order valence-corrected chi connectivity index (χ3v) is 6.75. The average Bonchev–Trinajstić information content (AvgIpc) is 3.56. The summed E-state index contributed by atoms with van der Waals surface area (Å²) in [5, 5.41) is 4.58. The van der Waals surface area contributed by atoms with Gasteiger partial charge >= 0.3 is 5.97 Å². The molecule has 6 nitrogen and oxygen atoms in total. The molecule has 2 heterocycles. The molecule has 0 amide bonds. The van der Waals surface area contributed by atoms with Crippen LogP contribution < -0.4 is 0 Å². The van der Waals surface area contributed by atoms with Crippen LogP contribution in [0.3, 0.4) is 0 Å². The molecule has 0 radical (unpaired) electrons. The minimum Gasteiger partial charge on any atom is -0.466 e. The number of thiol groups is 1. The van der Waals surface area contributed by atoms with E-state index in [1.807, 2.05) is 18.3 Å². The number of aromatic nitrogens is 2. The van der Waals surface area contributed by atoms with Crippen molar-refractivity contribution in [3.8, 4) is 0 Å². The van der Waals surface area contributed by atoms with E-state index in [9.17, 15) is 14.0 Å². The average molecular weight is 472 g/mol. The van der Waals surface area contributed by atoms with Crippen molar-refractivity contribution in [1.82, 2.24) is 14.7 Å². The van der Waals surface area contributed by atoms with Gasteiger partial charge in [-0.1, -0.05) is 18.2 Å². The van der Waals surface area contributed by atoms with E-state index in [-0.39, 0.29) is 35.2 Å². The van der Waals surface area contributed by atoms with Gasteiger partial charge in [0.15, 0.2) is 5.78 Å². The number of aryl methyl sites for hydroxylation is 1. The highest BCUT2D eigenvalue weighted by atomic mass is 32.1. The number of ether oxygens (including phenoxy) is 1. The molecule has 1 aliphatic carbocycles. The maximum atomic E-state index is 14.7. The van der Waals surface area contributed by atoms with Crippen LogP contribution in [0.2, 0.25) is 0 Å². The van der Waals surface area contributed by atoms with E-state index in [0.29, 0.717) is 31.8 Å². The number of carbonyl (C=O) groups excluding carboxylic acids is 2. The van der Waals surface area contributed by atoms with Crippen molar-refractivity contribution in [2.75, 3.05) is 19.7 Å². The van der Waals surface area contributed by atoms with Gasteiger partial charge in [-0.15, -0.1) is 0 Å². The third-order valence-electron chi connectivity index (χ3n) is 6.16. The Morgan fingerprint density at radius 2 is 2.06 bits per heavy atom. The molecule has 2 fully saturated rings. The van der Waals surface area contributed by atoms with Crippen LogP contribution in [0.25, 0.3) is 6.08 Å². The number of esters is 1. The van der Waals surface area contributed by atoms with Gasteiger partial charge in [-0.25, -0.2) is 4.39 Å². The molecule has 1 saturated heterocycles. The van der Waals surface area contributed by atoms with Crippen LogP contribution in [0.15, 0.2) is 42.1 Å². The number of ketones is 1. The molecule has 2 atom stereocenters. The van der Waals surface area contributed by atoms with Crippen LogP contribution in [-0.2, 0) is 20.9 Å². The van der Waals surface area contributed by atoms with Gasteiger partial charge in [0.2, 0.25) is 0 Å². The largest absolute Gasteiger partial charge is 0.466 e. The predicted octanol–water partition coefficient (Wildman–Crippen LogP) is 4.08. The molecule has 1 saturated carbocycles. The zero-order valence-corrected chi connectivity index (χ0v) is 19.7. The molecule has 0 bridgehead atoms. The highest BCUT2D eigenvalue weighted by molar-refractivity contribution is 7.81. The van der Waals surface area contributed by atoms with Crippen LogP contribution in [0.4, 0.5) is 4.39 Å². The summed E-state index contributed by atoms with van der Waals surface area (Å²) in [6.45, 7) is 3.81. The van der Waals surface area contributed by atoms with Crippen LogP contribution in [-0.4, -0.2) is 51.4 Å². The van der Waals surface area contributed by atoms with Gasteiger partial charge in [-0.2, -0.15) is 17.7 Å². The van der Waals surface area contributed by atoms with Gasteiger partial charge in [-0.05, 0) is 50.0 Å². The number of halogens is 1. The Hall–Kier alpha value is -2.45. The molecular formula is C25H30FN3O3S. The molecule has 33 heavy (non-hydrogen) atoms. The first kappa shape index (κ1) is 23.7. The highest BCUT2D eigenvalue weighted by Crippen LogP contribution is 2.39. The summed E-state index contributed by atoms with van der Waals surface area (Å²) in [4.78, 5) is 26.8. The van der Waals surface area contributed by atoms with E-state index >= 15 is 0 Å². The number of rotatable bonds is 9. The lowest BCUT2D eigenvalue weighted by Gasteiger charge is -2.37. The van der Waals surface area contributed by atoms with E-state index in [1.54, 1.807) is 29.8 Å². The summed E-state index contributed by atoms with van der Waals surface area (Å²) in [5.41, 5.74) is 2.27. The van der Waals surface area contributed by atoms with Crippen molar-refractivity contribution in [3.05, 3.63) is 59.2 Å². The Bertz CT molecular complexity index is 1030. The second-order valence-corrected chi connectivity index (χ2v) is 9.28. The fourth-order valence-corrected chi connectivity index (χ4v) is 4.55. The van der Waals surface area contributed by atoms with Crippen molar-refractivity contribution in [3.63, 3.8) is 0 Å². The molecule has 1 aromatic carbocycles. The Labute approximate surface area is 199 Å². The number of hydrogen-bond acceptors (Lipinski definition) is 6. The summed E-state index contributed by atoms with van der Waals surface area (Å²) < 4.78 is 21.4. The van der Waals surface area contributed by atoms with E-state index in [0.717, 1.165) is 30.5 Å². The molecule has 8 heteroatoms. The van der Waals surface area contributed by atoms with Gasteiger partial charge in [0.05, 0.1) is 31.3 Å². The molecule has 4 rings (SSSR count). The third kappa shape index (κ3) is 5.92. The zero-order valence-electron chi connectivity index (χ0n) is 18.8. The van der Waals surface area contributed by atoms with Crippen molar-refractivity contribution in [1.29, 1.82) is 0 Å². The summed E-state index contributed by atoms with van der Waals surface area (Å²) in [6, 6.07) is 7.90. The Balaban J connectivity index is 1.51. The number of hydrogen-bond donors (Lipinski definition) is 1. The first-order valence-corrected chi connectivity index (χ1v) is 12.1. The van der Waals surface area contributed by atoms with Gasteiger partial charge in [0.1, 0.15) is 5.82 Å². The first-order valence-electron chi connectivity index (χ1n) is 11.6. The van der Waals surface area contributed by atoms with Crippen molar-refractivity contribution < 1.29 is 18.7 Å². The first-order chi connectivity index (χ1) is 16.0. The molecule has 1 unspecified atom stereocenters. The number of nitrogens with zero attached hydrogens (tertiary/aromatic N) is 3. The van der Waals surface area contributed by atoms with E-state index < -0.39 is 6.04 Å². The van der Waals surface area contributed by atoms with Crippen molar-refractivity contribution in [2.45, 2.75) is 50.4 Å².